The number of para-hydroxylation sites is 1. The molecule has 0 unspecified atom stereocenters. The Morgan fingerprint density at radius 1 is 0.880 bits per heavy atom. The van der Waals surface area contributed by atoms with Gasteiger partial charge in [-0.25, -0.2) is 4.68 Å². The number of rotatable bonds is 3. The van der Waals surface area contributed by atoms with Gasteiger partial charge in [-0.3, -0.25) is 4.79 Å². The largest absolute Gasteiger partial charge is 0.326 e. The van der Waals surface area contributed by atoms with Crippen molar-refractivity contribution in [1.82, 2.24) is 14.8 Å². The zero-order chi connectivity index (χ0) is 17.2. The molecular weight excluding hydrogens is 310 g/mol. The summed E-state index contributed by atoms with van der Waals surface area (Å²) in [5.41, 5.74) is 4.88. The van der Waals surface area contributed by atoms with Crippen molar-refractivity contribution in [2.75, 3.05) is 0 Å². The van der Waals surface area contributed by atoms with Gasteiger partial charge in [0.2, 0.25) is 0 Å². The quantitative estimate of drug-likeness (QED) is 0.613. The maximum absolute atomic E-state index is 12.3. The van der Waals surface area contributed by atoms with Gasteiger partial charge in [0.1, 0.15) is 0 Å². The minimum Gasteiger partial charge on any atom is -0.326 e. The van der Waals surface area contributed by atoms with Crippen LogP contribution in [0.15, 0.2) is 83.7 Å². The number of aromatic amines is 1. The van der Waals surface area contributed by atoms with Crippen LogP contribution >= 0.6 is 0 Å². The fraction of sp³-hybridized carbons (Fsp3) is 0.0476. The Labute approximate surface area is 145 Å². The van der Waals surface area contributed by atoms with Gasteiger partial charge in [0.25, 0.3) is 5.56 Å². The number of nitrogens with one attached hydrogen (secondary N) is 1. The first-order valence-electron chi connectivity index (χ1n) is 8.13. The van der Waals surface area contributed by atoms with Crippen LogP contribution in [0.5, 0.6) is 0 Å². The second-order valence-corrected chi connectivity index (χ2v) is 5.91. The fourth-order valence-electron chi connectivity index (χ4n) is 2.87. The molecular formula is C21H17N3O. The number of nitrogens with zero attached hydrogens (tertiary/aromatic N) is 2. The fourth-order valence-corrected chi connectivity index (χ4v) is 2.87. The third-order valence-corrected chi connectivity index (χ3v) is 4.11. The zero-order valence-electron chi connectivity index (χ0n) is 13.8. The highest BCUT2D eigenvalue weighted by molar-refractivity contribution is 5.70. The Balaban J connectivity index is 1.94. The van der Waals surface area contributed by atoms with Crippen LogP contribution in [0.25, 0.3) is 28.2 Å². The summed E-state index contributed by atoms with van der Waals surface area (Å²) >= 11 is 0. The van der Waals surface area contributed by atoms with Crippen LogP contribution in [0, 0.1) is 6.92 Å². The molecule has 25 heavy (non-hydrogen) atoms. The molecule has 0 aliphatic heterocycles. The smallest absolute Gasteiger partial charge is 0.257 e. The van der Waals surface area contributed by atoms with E-state index in [-0.39, 0.29) is 5.56 Å². The van der Waals surface area contributed by atoms with Gasteiger partial charge in [0.05, 0.1) is 22.6 Å². The molecule has 122 valence electrons. The summed E-state index contributed by atoms with van der Waals surface area (Å²) in [4.78, 5) is 15.2. The maximum atomic E-state index is 12.3. The van der Waals surface area contributed by atoms with Gasteiger partial charge < -0.3 is 4.98 Å². The number of aromatic nitrogens is 3. The number of hydrogen-bond acceptors (Lipinski definition) is 2. The third-order valence-electron chi connectivity index (χ3n) is 4.11. The molecule has 0 aliphatic rings. The predicted octanol–water partition coefficient (Wildman–Crippen LogP) is 4.20. The summed E-state index contributed by atoms with van der Waals surface area (Å²) in [6.07, 6.45) is 0. The molecule has 0 amide bonds. The number of pyridine rings is 1. The summed E-state index contributed by atoms with van der Waals surface area (Å²) in [6.45, 7) is 1.86. The molecule has 0 bridgehead atoms. The normalized spacial score (nSPS) is 10.8. The first-order valence-corrected chi connectivity index (χ1v) is 8.13. The number of hydrogen-bond donors (Lipinski definition) is 1. The third kappa shape index (κ3) is 2.90. The molecule has 0 spiro atoms. The Morgan fingerprint density at radius 2 is 1.56 bits per heavy atom. The molecule has 0 aliphatic carbocycles. The van der Waals surface area contributed by atoms with Crippen LogP contribution < -0.4 is 5.56 Å². The van der Waals surface area contributed by atoms with E-state index in [0.29, 0.717) is 11.3 Å². The summed E-state index contributed by atoms with van der Waals surface area (Å²) in [5.74, 6) is 0. The number of aryl methyl sites for hydroxylation is 1. The highest BCUT2D eigenvalue weighted by Crippen LogP contribution is 2.27. The Hall–Kier alpha value is -3.40. The first kappa shape index (κ1) is 15.1. The molecule has 4 rings (SSSR count). The molecule has 0 radical (unpaired) electrons. The van der Waals surface area contributed by atoms with E-state index in [1.807, 2.05) is 90.5 Å². The van der Waals surface area contributed by atoms with Crippen LogP contribution in [0.3, 0.4) is 0 Å². The van der Waals surface area contributed by atoms with Crippen LogP contribution in [-0.4, -0.2) is 14.8 Å². The van der Waals surface area contributed by atoms with E-state index < -0.39 is 0 Å². The average molecular weight is 327 g/mol. The van der Waals surface area contributed by atoms with Gasteiger partial charge in [-0.1, -0.05) is 48.5 Å². The van der Waals surface area contributed by atoms with Crippen molar-refractivity contribution in [1.29, 1.82) is 0 Å². The maximum Gasteiger partial charge on any atom is 0.257 e. The topological polar surface area (TPSA) is 50.7 Å². The van der Waals surface area contributed by atoms with E-state index in [4.69, 9.17) is 5.10 Å². The Bertz CT molecular complexity index is 1010. The van der Waals surface area contributed by atoms with E-state index in [1.165, 1.54) is 0 Å². The highest BCUT2D eigenvalue weighted by Gasteiger charge is 2.14. The van der Waals surface area contributed by atoms with Crippen molar-refractivity contribution >= 4 is 0 Å². The first-order chi connectivity index (χ1) is 12.2. The monoisotopic (exact) mass is 327 g/mol. The summed E-state index contributed by atoms with van der Waals surface area (Å²) in [6, 6.07) is 25.7. The summed E-state index contributed by atoms with van der Waals surface area (Å²) in [5, 5.41) is 4.71. The van der Waals surface area contributed by atoms with E-state index >= 15 is 0 Å². The van der Waals surface area contributed by atoms with Gasteiger partial charge in [0.15, 0.2) is 0 Å². The molecule has 4 aromatic rings. The van der Waals surface area contributed by atoms with Gasteiger partial charge in [-0.2, -0.15) is 5.10 Å². The highest BCUT2D eigenvalue weighted by atomic mass is 16.1. The van der Waals surface area contributed by atoms with E-state index in [1.54, 1.807) is 0 Å². The van der Waals surface area contributed by atoms with Crippen LogP contribution in [-0.2, 0) is 0 Å². The Morgan fingerprint density at radius 3 is 2.24 bits per heavy atom. The van der Waals surface area contributed by atoms with Crippen molar-refractivity contribution in [3.63, 3.8) is 0 Å². The summed E-state index contributed by atoms with van der Waals surface area (Å²) in [7, 11) is 0. The second kappa shape index (κ2) is 6.24. The zero-order valence-corrected chi connectivity index (χ0v) is 13.8. The molecule has 0 atom stereocenters. The van der Waals surface area contributed by atoms with Crippen molar-refractivity contribution in [3.05, 3.63) is 94.9 Å². The standard InChI is InChI=1S/C21H17N3O/c1-15-12-13-18(21(25)22-15)19-14-20(16-8-4-2-5-9-16)24(23-19)17-10-6-3-7-11-17/h2-14H,1H3,(H,22,25). The lowest BCUT2D eigenvalue weighted by atomic mass is 10.1. The lowest BCUT2D eigenvalue weighted by Crippen LogP contribution is -2.10. The molecule has 2 aromatic heterocycles. The van der Waals surface area contributed by atoms with Crippen LogP contribution in [0.2, 0.25) is 0 Å². The van der Waals surface area contributed by atoms with Crippen molar-refractivity contribution < 1.29 is 0 Å². The molecule has 0 saturated carbocycles. The van der Waals surface area contributed by atoms with E-state index in [0.717, 1.165) is 22.6 Å². The predicted molar refractivity (Wildman–Crippen MR) is 99.8 cm³/mol. The number of H-pyrrole nitrogens is 1. The van der Waals surface area contributed by atoms with Crippen molar-refractivity contribution in [3.8, 4) is 28.2 Å². The second-order valence-electron chi connectivity index (χ2n) is 5.91. The van der Waals surface area contributed by atoms with Crippen molar-refractivity contribution in [2.45, 2.75) is 6.92 Å². The van der Waals surface area contributed by atoms with E-state index in [9.17, 15) is 4.79 Å². The molecule has 1 N–H and O–H groups in total. The molecule has 2 heterocycles. The van der Waals surface area contributed by atoms with E-state index in [2.05, 4.69) is 4.98 Å². The molecule has 0 saturated heterocycles. The average Bonchev–Trinajstić information content (AvgIpc) is 3.08. The van der Waals surface area contributed by atoms with Gasteiger partial charge >= 0.3 is 0 Å². The van der Waals surface area contributed by atoms with Crippen LogP contribution in [0.4, 0.5) is 0 Å². The Kier molecular flexibility index (Phi) is 3.78. The lowest BCUT2D eigenvalue weighted by Gasteiger charge is -2.07. The van der Waals surface area contributed by atoms with Crippen molar-refractivity contribution in [2.24, 2.45) is 0 Å². The molecule has 4 nitrogen and oxygen atoms in total. The number of benzene rings is 2. The summed E-state index contributed by atoms with van der Waals surface area (Å²) < 4.78 is 1.88. The minimum atomic E-state index is -0.127. The van der Waals surface area contributed by atoms with Gasteiger partial charge in [0, 0.05) is 11.3 Å². The molecule has 2 aromatic carbocycles. The van der Waals surface area contributed by atoms with Gasteiger partial charge in [-0.05, 0) is 37.3 Å². The molecule has 4 heteroatoms. The minimum absolute atomic E-state index is 0.127. The van der Waals surface area contributed by atoms with Crippen LogP contribution in [0.1, 0.15) is 5.69 Å². The lowest BCUT2D eigenvalue weighted by molar-refractivity contribution is 0.890. The van der Waals surface area contributed by atoms with Gasteiger partial charge in [-0.15, -0.1) is 0 Å². The molecule has 0 fully saturated rings. The SMILES string of the molecule is Cc1ccc(-c2cc(-c3ccccc3)n(-c3ccccc3)n2)c(=O)[nH]1.